The Labute approximate surface area is 175 Å². The minimum atomic E-state index is 0.0504. The highest BCUT2D eigenvalue weighted by atomic mass is 16.5. The maximum Gasteiger partial charge on any atom is 0.223 e. The Kier molecular flexibility index (Phi) is 7.32. The monoisotopic (exact) mass is 394 g/mol. The zero-order chi connectivity index (χ0) is 20.8. The van der Waals surface area contributed by atoms with E-state index in [1.807, 2.05) is 30.1 Å². The standard InChI is InChI=1S/C25H34N2O2/c1-18(20-13-15-26-16-14-20)17-25(28)27(3)19(2)21-9-11-22(12-10-21)23-7-5-6-8-24(23)29-4/h5-12,18-20,26H,13-17H2,1-4H3. The van der Waals surface area contributed by atoms with E-state index in [2.05, 4.69) is 49.5 Å². The summed E-state index contributed by atoms with van der Waals surface area (Å²) in [6, 6.07) is 16.5. The normalized spacial score (nSPS) is 16.8. The molecule has 1 aliphatic rings. The van der Waals surface area contributed by atoms with Crippen molar-refractivity contribution in [1.29, 1.82) is 0 Å². The number of rotatable bonds is 7. The van der Waals surface area contributed by atoms with Crippen molar-refractivity contribution in [3.8, 4) is 16.9 Å². The van der Waals surface area contributed by atoms with E-state index in [0.717, 1.165) is 35.5 Å². The smallest absolute Gasteiger partial charge is 0.223 e. The van der Waals surface area contributed by atoms with Crippen LogP contribution in [0.15, 0.2) is 48.5 Å². The van der Waals surface area contributed by atoms with Crippen LogP contribution in [0.5, 0.6) is 5.75 Å². The van der Waals surface area contributed by atoms with Gasteiger partial charge in [-0.1, -0.05) is 49.4 Å². The summed E-state index contributed by atoms with van der Waals surface area (Å²) in [5, 5.41) is 3.41. The van der Waals surface area contributed by atoms with Crippen molar-refractivity contribution in [2.45, 2.75) is 39.2 Å². The Morgan fingerprint density at radius 2 is 1.76 bits per heavy atom. The fourth-order valence-corrected chi connectivity index (χ4v) is 4.26. The molecule has 4 heteroatoms. The minimum absolute atomic E-state index is 0.0504. The van der Waals surface area contributed by atoms with Crippen LogP contribution in [-0.2, 0) is 4.79 Å². The van der Waals surface area contributed by atoms with E-state index in [0.29, 0.717) is 18.3 Å². The third-order valence-electron chi connectivity index (χ3n) is 6.47. The van der Waals surface area contributed by atoms with Crippen LogP contribution in [0.3, 0.4) is 0 Å². The molecule has 1 heterocycles. The molecule has 2 aromatic rings. The molecule has 2 atom stereocenters. The average Bonchev–Trinajstić information content (AvgIpc) is 2.78. The van der Waals surface area contributed by atoms with Gasteiger partial charge in [0.05, 0.1) is 13.2 Å². The molecule has 0 aliphatic carbocycles. The number of methoxy groups -OCH3 is 1. The van der Waals surface area contributed by atoms with Crippen LogP contribution in [0.2, 0.25) is 0 Å². The fraction of sp³-hybridized carbons (Fsp3) is 0.480. The molecule has 2 aromatic carbocycles. The highest BCUT2D eigenvalue weighted by molar-refractivity contribution is 5.77. The predicted molar refractivity (Wildman–Crippen MR) is 119 cm³/mol. The molecule has 29 heavy (non-hydrogen) atoms. The molecule has 4 nitrogen and oxygen atoms in total. The molecular formula is C25H34N2O2. The van der Waals surface area contributed by atoms with Gasteiger partial charge < -0.3 is 15.0 Å². The van der Waals surface area contributed by atoms with Crippen molar-refractivity contribution >= 4 is 5.91 Å². The summed E-state index contributed by atoms with van der Waals surface area (Å²) >= 11 is 0. The van der Waals surface area contributed by atoms with Crippen molar-refractivity contribution in [2.24, 2.45) is 11.8 Å². The summed E-state index contributed by atoms with van der Waals surface area (Å²) in [6.45, 7) is 6.49. The summed E-state index contributed by atoms with van der Waals surface area (Å²) in [6.07, 6.45) is 2.99. The lowest BCUT2D eigenvalue weighted by atomic mass is 9.84. The molecule has 1 fully saturated rings. The first kappa shape index (κ1) is 21.4. The molecule has 0 saturated carbocycles. The van der Waals surface area contributed by atoms with E-state index in [1.54, 1.807) is 7.11 Å². The van der Waals surface area contributed by atoms with Crippen molar-refractivity contribution in [2.75, 3.05) is 27.2 Å². The zero-order valence-corrected chi connectivity index (χ0v) is 18.2. The summed E-state index contributed by atoms with van der Waals surface area (Å²) in [5.74, 6) is 2.20. The van der Waals surface area contributed by atoms with E-state index in [9.17, 15) is 4.79 Å². The van der Waals surface area contributed by atoms with Gasteiger partial charge in [-0.2, -0.15) is 0 Å². The first-order valence-electron chi connectivity index (χ1n) is 10.7. The van der Waals surface area contributed by atoms with E-state index in [1.165, 1.54) is 12.8 Å². The second-order valence-electron chi connectivity index (χ2n) is 8.27. The van der Waals surface area contributed by atoms with Gasteiger partial charge in [0.15, 0.2) is 0 Å². The molecule has 0 bridgehead atoms. The molecule has 1 N–H and O–H groups in total. The molecule has 1 aliphatic heterocycles. The number of benzene rings is 2. The van der Waals surface area contributed by atoms with Crippen molar-refractivity contribution in [1.82, 2.24) is 10.2 Å². The predicted octanol–water partition coefficient (Wildman–Crippen LogP) is 4.91. The maximum absolute atomic E-state index is 12.9. The lowest BCUT2D eigenvalue weighted by Crippen LogP contribution is -2.35. The lowest BCUT2D eigenvalue weighted by molar-refractivity contribution is -0.133. The summed E-state index contributed by atoms with van der Waals surface area (Å²) in [7, 11) is 3.62. The first-order valence-corrected chi connectivity index (χ1v) is 10.7. The number of para-hydroxylation sites is 1. The van der Waals surface area contributed by atoms with E-state index in [4.69, 9.17) is 4.74 Å². The van der Waals surface area contributed by atoms with Gasteiger partial charge in [0.2, 0.25) is 5.91 Å². The Bertz CT molecular complexity index is 797. The number of piperidine rings is 1. The average molecular weight is 395 g/mol. The van der Waals surface area contributed by atoms with Gasteiger partial charge in [-0.15, -0.1) is 0 Å². The number of ether oxygens (including phenoxy) is 1. The third kappa shape index (κ3) is 5.18. The van der Waals surface area contributed by atoms with Crippen LogP contribution in [0, 0.1) is 11.8 Å². The highest BCUT2D eigenvalue weighted by Gasteiger charge is 2.25. The lowest BCUT2D eigenvalue weighted by Gasteiger charge is -2.31. The highest BCUT2D eigenvalue weighted by Crippen LogP contribution is 2.31. The third-order valence-corrected chi connectivity index (χ3v) is 6.47. The van der Waals surface area contributed by atoms with Crippen LogP contribution < -0.4 is 10.1 Å². The second-order valence-corrected chi connectivity index (χ2v) is 8.27. The number of amides is 1. The number of carbonyl (C=O) groups is 1. The SMILES string of the molecule is COc1ccccc1-c1ccc(C(C)N(C)C(=O)CC(C)C2CCNCC2)cc1. The Morgan fingerprint density at radius 3 is 2.41 bits per heavy atom. The number of nitrogens with one attached hydrogen (secondary N) is 1. The molecular weight excluding hydrogens is 360 g/mol. The first-order chi connectivity index (χ1) is 14.0. The number of hydrogen-bond acceptors (Lipinski definition) is 3. The van der Waals surface area contributed by atoms with E-state index >= 15 is 0 Å². The van der Waals surface area contributed by atoms with Gasteiger partial charge in [0.1, 0.15) is 5.75 Å². The number of nitrogens with zero attached hydrogens (tertiary/aromatic N) is 1. The summed E-state index contributed by atoms with van der Waals surface area (Å²) in [5.41, 5.74) is 3.34. The van der Waals surface area contributed by atoms with Crippen LogP contribution >= 0.6 is 0 Å². The summed E-state index contributed by atoms with van der Waals surface area (Å²) in [4.78, 5) is 14.8. The van der Waals surface area contributed by atoms with Gasteiger partial charge in [-0.05, 0) is 61.9 Å². The van der Waals surface area contributed by atoms with Gasteiger partial charge >= 0.3 is 0 Å². The Balaban J connectivity index is 1.64. The zero-order valence-electron chi connectivity index (χ0n) is 18.2. The molecule has 3 rings (SSSR count). The van der Waals surface area contributed by atoms with Crippen molar-refractivity contribution < 1.29 is 9.53 Å². The molecule has 0 aromatic heterocycles. The van der Waals surface area contributed by atoms with E-state index < -0.39 is 0 Å². The molecule has 0 radical (unpaired) electrons. The minimum Gasteiger partial charge on any atom is -0.496 e. The Hall–Kier alpha value is -2.33. The van der Waals surface area contributed by atoms with Crippen LogP contribution in [0.25, 0.3) is 11.1 Å². The quantitative estimate of drug-likeness (QED) is 0.726. The van der Waals surface area contributed by atoms with Crippen LogP contribution in [0.4, 0.5) is 0 Å². The second kappa shape index (κ2) is 9.93. The van der Waals surface area contributed by atoms with Gasteiger partial charge in [-0.3, -0.25) is 4.79 Å². The Morgan fingerprint density at radius 1 is 1.10 bits per heavy atom. The van der Waals surface area contributed by atoms with Crippen molar-refractivity contribution in [3.05, 3.63) is 54.1 Å². The topological polar surface area (TPSA) is 41.6 Å². The van der Waals surface area contributed by atoms with Crippen molar-refractivity contribution in [3.63, 3.8) is 0 Å². The fourth-order valence-electron chi connectivity index (χ4n) is 4.26. The molecule has 2 unspecified atom stereocenters. The molecule has 1 saturated heterocycles. The largest absolute Gasteiger partial charge is 0.496 e. The van der Waals surface area contributed by atoms with Crippen LogP contribution in [0.1, 0.15) is 44.7 Å². The summed E-state index contributed by atoms with van der Waals surface area (Å²) < 4.78 is 5.48. The number of carbonyl (C=O) groups excluding carboxylic acids is 1. The molecule has 1 amide bonds. The van der Waals surface area contributed by atoms with Gasteiger partial charge in [-0.25, -0.2) is 0 Å². The molecule has 0 spiro atoms. The number of hydrogen-bond donors (Lipinski definition) is 1. The van der Waals surface area contributed by atoms with Crippen LogP contribution in [-0.4, -0.2) is 38.1 Å². The van der Waals surface area contributed by atoms with Gasteiger partial charge in [0, 0.05) is 19.0 Å². The molecule has 156 valence electrons. The van der Waals surface area contributed by atoms with Gasteiger partial charge in [0.25, 0.3) is 0 Å². The van der Waals surface area contributed by atoms with E-state index in [-0.39, 0.29) is 11.9 Å². The maximum atomic E-state index is 12.9.